The minimum atomic E-state index is -0.636. The Bertz CT molecular complexity index is 708. The smallest absolute Gasteiger partial charge is 0.374 e. The first-order valence-electron chi connectivity index (χ1n) is 6.52. The van der Waals surface area contributed by atoms with Gasteiger partial charge in [-0.25, -0.2) is 4.79 Å². The first kappa shape index (κ1) is 15.5. The molecule has 0 bridgehead atoms. The second-order valence-electron chi connectivity index (χ2n) is 4.91. The van der Waals surface area contributed by atoms with Gasteiger partial charge in [-0.1, -0.05) is 11.6 Å². The predicted molar refractivity (Wildman–Crippen MR) is 80.9 cm³/mol. The van der Waals surface area contributed by atoms with Gasteiger partial charge in [0.05, 0.1) is 12.0 Å². The largest absolute Gasteiger partial charge is 0.460 e. The maximum absolute atomic E-state index is 11.9. The summed E-state index contributed by atoms with van der Waals surface area (Å²) in [6.45, 7) is 1.09. The molecule has 0 aliphatic heterocycles. The Labute approximate surface area is 127 Å². The van der Waals surface area contributed by atoms with Gasteiger partial charge in [-0.2, -0.15) is 0 Å². The van der Waals surface area contributed by atoms with Crippen LogP contribution in [0.2, 0.25) is 5.02 Å². The second kappa shape index (κ2) is 6.74. The highest BCUT2D eigenvalue weighted by Gasteiger charge is 2.13. The summed E-state index contributed by atoms with van der Waals surface area (Å²) in [5.74, 6) is -0.734. The van der Waals surface area contributed by atoms with Crippen molar-refractivity contribution >= 4 is 28.5 Å². The molecule has 112 valence electrons. The molecule has 0 aliphatic carbocycles. The molecule has 0 spiro atoms. The quantitative estimate of drug-likeness (QED) is 0.627. The Morgan fingerprint density at radius 1 is 1.33 bits per heavy atom. The second-order valence-corrected chi connectivity index (χ2v) is 5.34. The van der Waals surface area contributed by atoms with Crippen molar-refractivity contribution in [2.45, 2.75) is 6.42 Å². The lowest BCUT2D eigenvalue weighted by Crippen LogP contribution is -2.16. The maximum atomic E-state index is 11.9. The number of esters is 1. The first-order valence-corrected chi connectivity index (χ1v) is 6.90. The Kier molecular flexibility index (Phi) is 4.98. The number of hydrogen-bond acceptors (Lipinski definition) is 5. The van der Waals surface area contributed by atoms with Gasteiger partial charge >= 0.3 is 5.97 Å². The van der Waals surface area contributed by atoms with E-state index in [9.17, 15) is 9.59 Å². The van der Waals surface area contributed by atoms with Crippen LogP contribution in [0.3, 0.4) is 0 Å². The number of nitrogens with zero attached hydrogens (tertiary/aromatic N) is 1. The van der Waals surface area contributed by atoms with Gasteiger partial charge in [-0.05, 0) is 38.7 Å². The number of fused-ring (bicyclic) bond motifs is 1. The van der Waals surface area contributed by atoms with Crippen molar-refractivity contribution < 1.29 is 13.9 Å². The molecule has 2 aromatic rings. The van der Waals surface area contributed by atoms with Crippen LogP contribution in [0.15, 0.2) is 33.5 Å². The molecule has 0 amide bonds. The van der Waals surface area contributed by atoms with E-state index in [1.54, 1.807) is 12.1 Å². The van der Waals surface area contributed by atoms with Crippen molar-refractivity contribution in [2.24, 2.45) is 0 Å². The van der Waals surface area contributed by atoms with Gasteiger partial charge in [0.15, 0.2) is 5.43 Å². The monoisotopic (exact) mass is 309 g/mol. The summed E-state index contributed by atoms with van der Waals surface area (Å²) < 4.78 is 10.5. The van der Waals surface area contributed by atoms with Crippen molar-refractivity contribution in [1.29, 1.82) is 0 Å². The molecule has 0 fully saturated rings. The highest BCUT2D eigenvalue weighted by molar-refractivity contribution is 6.31. The van der Waals surface area contributed by atoms with Gasteiger partial charge in [0.2, 0.25) is 5.76 Å². The number of halogens is 1. The summed E-state index contributed by atoms with van der Waals surface area (Å²) >= 11 is 5.83. The fourth-order valence-corrected chi connectivity index (χ4v) is 2.02. The van der Waals surface area contributed by atoms with Crippen LogP contribution in [-0.4, -0.2) is 38.1 Å². The van der Waals surface area contributed by atoms with Crippen LogP contribution in [0, 0.1) is 0 Å². The Hall–Kier alpha value is -1.85. The Balaban J connectivity index is 2.13. The van der Waals surface area contributed by atoms with E-state index in [1.165, 1.54) is 6.07 Å². The van der Waals surface area contributed by atoms with Gasteiger partial charge < -0.3 is 14.1 Å². The van der Waals surface area contributed by atoms with Crippen molar-refractivity contribution in [1.82, 2.24) is 4.90 Å². The molecule has 6 heteroatoms. The van der Waals surface area contributed by atoms with E-state index in [0.29, 0.717) is 22.4 Å². The van der Waals surface area contributed by atoms with E-state index >= 15 is 0 Å². The number of benzene rings is 1. The molecular formula is C15H16ClNO4. The number of carbonyl (C=O) groups excluding carboxylic acids is 1. The van der Waals surface area contributed by atoms with Gasteiger partial charge in [0.25, 0.3) is 0 Å². The number of carbonyl (C=O) groups is 1. The lowest BCUT2D eigenvalue weighted by atomic mass is 10.2. The highest BCUT2D eigenvalue weighted by atomic mass is 35.5. The van der Waals surface area contributed by atoms with Crippen LogP contribution in [0.5, 0.6) is 0 Å². The fraction of sp³-hybridized carbons (Fsp3) is 0.333. The first-order chi connectivity index (χ1) is 9.97. The lowest BCUT2D eigenvalue weighted by Gasteiger charge is -2.09. The Morgan fingerprint density at radius 3 is 2.81 bits per heavy atom. The molecule has 0 saturated carbocycles. The normalized spacial score (nSPS) is 11.0. The molecule has 0 unspecified atom stereocenters. The van der Waals surface area contributed by atoms with Crippen LogP contribution < -0.4 is 5.43 Å². The van der Waals surface area contributed by atoms with Crippen LogP contribution >= 0.6 is 11.6 Å². The van der Waals surface area contributed by atoms with Crippen molar-refractivity contribution in [3.63, 3.8) is 0 Å². The van der Waals surface area contributed by atoms with Crippen LogP contribution in [0.4, 0.5) is 0 Å². The maximum Gasteiger partial charge on any atom is 0.374 e. The molecule has 2 rings (SSSR count). The van der Waals surface area contributed by atoms with Crippen LogP contribution in [0.1, 0.15) is 17.0 Å². The average molecular weight is 310 g/mol. The zero-order chi connectivity index (χ0) is 15.4. The average Bonchev–Trinajstić information content (AvgIpc) is 2.43. The molecule has 5 nitrogen and oxygen atoms in total. The zero-order valence-electron chi connectivity index (χ0n) is 11.9. The van der Waals surface area contributed by atoms with Crippen molar-refractivity contribution in [3.8, 4) is 0 Å². The summed E-state index contributed by atoms with van der Waals surface area (Å²) in [6.07, 6.45) is 0.714. The molecule has 1 aromatic heterocycles. The van der Waals surface area contributed by atoms with E-state index in [1.807, 2.05) is 19.0 Å². The van der Waals surface area contributed by atoms with E-state index < -0.39 is 5.97 Å². The number of hydrogen-bond donors (Lipinski definition) is 0. The van der Waals surface area contributed by atoms with E-state index in [4.69, 9.17) is 20.8 Å². The predicted octanol–water partition coefficient (Wildman–Crippen LogP) is 2.55. The van der Waals surface area contributed by atoms with E-state index in [0.717, 1.165) is 12.6 Å². The third kappa shape index (κ3) is 4.06. The summed E-state index contributed by atoms with van der Waals surface area (Å²) in [4.78, 5) is 25.8. The molecule has 0 saturated heterocycles. The molecule has 0 aliphatic rings. The van der Waals surface area contributed by atoms with Gasteiger partial charge in [0.1, 0.15) is 5.58 Å². The fourth-order valence-electron chi connectivity index (χ4n) is 1.85. The Morgan fingerprint density at radius 2 is 2.10 bits per heavy atom. The standard InChI is InChI=1S/C15H16ClNO4/c1-17(2)6-3-7-20-15(19)14-9-12(18)11-8-10(16)4-5-13(11)21-14/h4-5,8-9H,3,6-7H2,1-2H3. The highest BCUT2D eigenvalue weighted by Crippen LogP contribution is 2.18. The van der Waals surface area contributed by atoms with Crippen molar-refractivity contribution in [2.75, 3.05) is 27.2 Å². The SMILES string of the molecule is CN(C)CCCOC(=O)c1cc(=O)c2cc(Cl)ccc2o1. The van der Waals surface area contributed by atoms with Crippen LogP contribution in [0.25, 0.3) is 11.0 Å². The molecule has 0 N–H and O–H groups in total. The third-order valence-corrected chi connectivity index (χ3v) is 3.11. The topological polar surface area (TPSA) is 59.8 Å². The number of rotatable bonds is 5. The molecule has 21 heavy (non-hydrogen) atoms. The lowest BCUT2D eigenvalue weighted by molar-refractivity contribution is 0.0457. The van der Waals surface area contributed by atoms with Crippen molar-refractivity contribution in [3.05, 3.63) is 45.3 Å². The third-order valence-electron chi connectivity index (χ3n) is 2.87. The van der Waals surface area contributed by atoms with Gasteiger partial charge in [-0.3, -0.25) is 4.79 Å². The molecule has 1 heterocycles. The molecule has 0 radical (unpaired) electrons. The summed E-state index contributed by atoms with van der Waals surface area (Å²) in [7, 11) is 3.88. The summed E-state index contributed by atoms with van der Waals surface area (Å²) in [5.41, 5.74) is -0.00821. The summed E-state index contributed by atoms with van der Waals surface area (Å²) in [6, 6.07) is 5.79. The minimum absolute atomic E-state index is 0.0975. The number of ether oxygens (including phenoxy) is 1. The molecule has 0 atom stereocenters. The molecular weight excluding hydrogens is 294 g/mol. The van der Waals surface area contributed by atoms with E-state index in [-0.39, 0.29) is 17.8 Å². The van der Waals surface area contributed by atoms with Gasteiger partial charge in [-0.15, -0.1) is 0 Å². The van der Waals surface area contributed by atoms with Crippen LogP contribution in [-0.2, 0) is 4.74 Å². The molecule has 1 aromatic carbocycles. The minimum Gasteiger partial charge on any atom is -0.460 e. The summed E-state index contributed by atoms with van der Waals surface area (Å²) in [5, 5.41) is 0.778. The van der Waals surface area contributed by atoms with Gasteiger partial charge in [0, 0.05) is 17.6 Å². The zero-order valence-corrected chi connectivity index (χ0v) is 12.6. The van der Waals surface area contributed by atoms with E-state index in [2.05, 4.69) is 0 Å².